The maximum absolute atomic E-state index is 12.1. The summed E-state index contributed by atoms with van der Waals surface area (Å²) in [5, 5.41) is 14.3. The minimum Gasteiger partial charge on any atom is -0.384 e. The van der Waals surface area contributed by atoms with Gasteiger partial charge in [-0.25, -0.2) is 0 Å². The molecule has 1 heterocycles. The highest BCUT2D eigenvalue weighted by atomic mass is 16.6. The maximum Gasteiger partial charge on any atom is 0.270 e. The lowest BCUT2D eigenvalue weighted by Crippen LogP contribution is -2.24. The number of ether oxygens (including phenoxy) is 1. The van der Waals surface area contributed by atoms with Crippen LogP contribution in [0.15, 0.2) is 24.3 Å². The molecule has 116 valence electrons. The average Bonchev–Trinajstić information content (AvgIpc) is 2.46. The number of hydrogen-bond donors (Lipinski definition) is 1. The molecule has 0 radical (unpaired) electrons. The number of non-ortho nitro benzene ring substituents is 1. The Morgan fingerprint density at radius 1 is 1.45 bits per heavy atom. The van der Waals surface area contributed by atoms with Gasteiger partial charge in [-0.15, -0.1) is 0 Å². The molecule has 0 saturated heterocycles. The van der Waals surface area contributed by atoms with Gasteiger partial charge in [0.15, 0.2) is 0 Å². The summed E-state index contributed by atoms with van der Waals surface area (Å²) in [6.45, 7) is 3.85. The van der Waals surface area contributed by atoms with Crippen LogP contribution in [0.25, 0.3) is 10.9 Å². The molecule has 0 aliphatic heterocycles. The van der Waals surface area contributed by atoms with E-state index in [1.54, 1.807) is 26.0 Å². The number of amides is 1. The normalized spacial score (nSPS) is 12.1. The van der Waals surface area contributed by atoms with Crippen molar-refractivity contribution in [1.82, 2.24) is 4.98 Å². The molecule has 0 aliphatic rings. The van der Waals surface area contributed by atoms with Crippen LogP contribution in [0.5, 0.6) is 0 Å². The summed E-state index contributed by atoms with van der Waals surface area (Å²) >= 11 is 0. The first kappa shape index (κ1) is 15.8. The molecule has 1 amide bonds. The van der Waals surface area contributed by atoms with Gasteiger partial charge in [0.1, 0.15) is 0 Å². The summed E-state index contributed by atoms with van der Waals surface area (Å²) in [6.07, 6.45) is 0. The van der Waals surface area contributed by atoms with Gasteiger partial charge in [-0.2, -0.15) is 0 Å². The number of anilines is 1. The average molecular weight is 303 g/mol. The molecule has 7 nitrogen and oxygen atoms in total. The molecule has 0 unspecified atom stereocenters. The molecule has 1 aromatic carbocycles. The smallest absolute Gasteiger partial charge is 0.270 e. The highest BCUT2D eigenvalue weighted by molar-refractivity contribution is 6.02. The van der Waals surface area contributed by atoms with Crippen LogP contribution in [-0.4, -0.2) is 29.5 Å². The number of aryl methyl sites for hydroxylation is 1. The van der Waals surface area contributed by atoms with Crippen molar-refractivity contribution in [2.75, 3.05) is 19.0 Å². The van der Waals surface area contributed by atoms with E-state index in [4.69, 9.17) is 4.74 Å². The van der Waals surface area contributed by atoms with Crippen molar-refractivity contribution in [3.05, 3.63) is 40.1 Å². The van der Waals surface area contributed by atoms with Crippen molar-refractivity contribution in [2.24, 2.45) is 5.92 Å². The molecule has 7 heteroatoms. The van der Waals surface area contributed by atoms with Crippen molar-refractivity contribution < 1.29 is 14.5 Å². The second kappa shape index (κ2) is 6.48. The summed E-state index contributed by atoms with van der Waals surface area (Å²) in [7, 11) is 1.53. The highest BCUT2D eigenvalue weighted by Gasteiger charge is 2.16. The summed E-state index contributed by atoms with van der Waals surface area (Å²) in [6, 6.07) is 6.09. The number of rotatable bonds is 5. The van der Waals surface area contributed by atoms with Gasteiger partial charge in [0.2, 0.25) is 5.91 Å². The van der Waals surface area contributed by atoms with Crippen LogP contribution in [0.3, 0.4) is 0 Å². The fourth-order valence-corrected chi connectivity index (χ4v) is 2.14. The number of pyridine rings is 1. The van der Waals surface area contributed by atoms with Gasteiger partial charge in [-0.05, 0) is 19.1 Å². The molecule has 2 rings (SSSR count). The largest absolute Gasteiger partial charge is 0.384 e. The molecule has 0 aliphatic carbocycles. The minimum atomic E-state index is -0.474. The highest BCUT2D eigenvalue weighted by Crippen LogP contribution is 2.27. The van der Waals surface area contributed by atoms with Crippen molar-refractivity contribution in [3.63, 3.8) is 0 Å². The first-order chi connectivity index (χ1) is 10.4. The summed E-state index contributed by atoms with van der Waals surface area (Å²) in [5.74, 6) is -0.535. The number of nitro groups is 1. The Bertz CT molecular complexity index is 730. The minimum absolute atomic E-state index is 0.0430. The quantitative estimate of drug-likeness (QED) is 0.677. The van der Waals surface area contributed by atoms with Crippen LogP contribution < -0.4 is 5.32 Å². The molecule has 1 N–H and O–H groups in total. The van der Waals surface area contributed by atoms with E-state index in [1.165, 1.54) is 19.2 Å². The third-order valence-electron chi connectivity index (χ3n) is 3.25. The van der Waals surface area contributed by atoms with E-state index in [-0.39, 0.29) is 17.5 Å². The lowest BCUT2D eigenvalue weighted by atomic mass is 10.1. The van der Waals surface area contributed by atoms with Gasteiger partial charge in [-0.3, -0.25) is 19.9 Å². The molecule has 1 aromatic heterocycles. The predicted molar refractivity (Wildman–Crippen MR) is 82.8 cm³/mol. The van der Waals surface area contributed by atoms with Gasteiger partial charge in [0.05, 0.1) is 28.7 Å². The van der Waals surface area contributed by atoms with Crippen LogP contribution >= 0.6 is 0 Å². The SMILES string of the molecule is COC[C@@H](C)C(=O)Nc1cc(C)nc2ccc([N+](=O)[O-])cc12. The second-order valence-electron chi connectivity index (χ2n) is 5.12. The zero-order valence-electron chi connectivity index (χ0n) is 12.6. The molecule has 1 atom stereocenters. The van der Waals surface area contributed by atoms with E-state index >= 15 is 0 Å². The molecule has 0 spiro atoms. The van der Waals surface area contributed by atoms with Gasteiger partial charge in [0.25, 0.3) is 5.69 Å². The molecular formula is C15H17N3O4. The van der Waals surface area contributed by atoms with Crippen LogP contribution in [0, 0.1) is 23.0 Å². The van der Waals surface area contributed by atoms with E-state index in [0.29, 0.717) is 23.2 Å². The number of hydrogen-bond acceptors (Lipinski definition) is 5. The number of benzene rings is 1. The van der Waals surface area contributed by atoms with Crippen molar-refractivity contribution in [1.29, 1.82) is 0 Å². The van der Waals surface area contributed by atoms with Crippen molar-refractivity contribution in [3.8, 4) is 0 Å². The van der Waals surface area contributed by atoms with Crippen LogP contribution in [0.1, 0.15) is 12.6 Å². The van der Waals surface area contributed by atoms with Crippen LogP contribution in [-0.2, 0) is 9.53 Å². The Labute approximate surface area is 127 Å². The maximum atomic E-state index is 12.1. The van der Waals surface area contributed by atoms with Crippen molar-refractivity contribution in [2.45, 2.75) is 13.8 Å². The number of nitro benzene ring substituents is 1. The zero-order valence-corrected chi connectivity index (χ0v) is 12.6. The number of nitrogens with one attached hydrogen (secondary N) is 1. The standard InChI is InChI=1S/C15H17N3O4/c1-9(8-22-3)15(19)17-14-6-10(2)16-13-5-4-11(18(20)21)7-12(13)14/h4-7,9H,8H2,1-3H3,(H,16,17,19)/t9-/m1/s1. The topological polar surface area (TPSA) is 94.4 Å². The monoisotopic (exact) mass is 303 g/mol. The van der Waals surface area contributed by atoms with Crippen molar-refractivity contribution >= 4 is 28.2 Å². The number of nitrogens with zero attached hydrogens (tertiary/aromatic N) is 2. The lowest BCUT2D eigenvalue weighted by molar-refractivity contribution is -0.384. The fraction of sp³-hybridized carbons (Fsp3) is 0.333. The molecule has 0 saturated carbocycles. The van der Waals surface area contributed by atoms with Gasteiger partial charge < -0.3 is 10.1 Å². The summed E-state index contributed by atoms with van der Waals surface area (Å²) in [4.78, 5) is 26.9. The predicted octanol–water partition coefficient (Wildman–Crippen LogP) is 2.67. The third-order valence-corrected chi connectivity index (χ3v) is 3.25. The van der Waals surface area contributed by atoms with E-state index < -0.39 is 4.92 Å². The Morgan fingerprint density at radius 2 is 2.18 bits per heavy atom. The van der Waals surface area contributed by atoms with Gasteiger partial charge in [0, 0.05) is 30.3 Å². The van der Waals surface area contributed by atoms with E-state index in [2.05, 4.69) is 10.3 Å². The number of fused-ring (bicyclic) bond motifs is 1. The van der Waals surface area contributed by atoms with E-state index in [0.717, 1.165) is 5.69 Å². The summed E-state index contributed by atoms with van der Waals surface area (Å²) in [5.41, 5.74) is 1.79. The third kappa shape index (κ3) is 3.37. The Morgan fingerprint density at radius 3 is 2.82 bits per heavy atom. The number of carbonyl (C=O) groups excluding carboxylic acids is 1. The Kier molecular flexibility index (Phi) is 4.67. The summed E-state index contributed by atoms with van der Waals surface area (Å²) < 4.78 is 4.96. The van der Waals surface area contributed by atoms with Crippen LogP contribution in [0.2, 0.25) is 0 Å². The number of carbonyl (C=O) groups is 1. The van der Waals surface area contributed by atoms with Gasteiger partial charge >= 0.3 is 0 Å². The fourth-order valence-electron chi connectivity index (χ4n) is 2.14. The van der Waals surface area contributed by atoms with Gasteiger partial charge in [-0.1, -0.05) is 6.92 Å². The van der Waals surface area contributed by atoms with E-state index in [1.807, 2.05) is 0 Å². The second-order valence-corrected chi connectivity index (χ2v) is 5.12. The molecule has 22 heavy (non-hydrogen) atoms. The van der Waals surface area contributed by atoms with Crippen LogP contribution in [0.4, 0.5) is 11.4 Å². The van der Waals surface area contributed by atoms with E-state index in [9.17, 15) is 14.9 Å². The molecule has 0 bridgehead atoms. The Balaban J connectivity index is 2.45. The zero-order chi connectivity index (χ0) is 16.3. The first-order valence-corrected chi connectivity index (χ1v) is 6.78. The molecular weight excluding hydrogens is 286 g/mol. The molecule has 2 aromatic rings. The number of methoxy groups -OCH3 is 1. The first-order valence-electron chi connectivity index (χ1n) is 6.78. The molecule has 0 fully saturated rings. The lowest BCUT2D eigenvalue weighted by Gasteiger charge is -2.13. The number of aromatic nitrogens is 1. The Hall–Kier alpha value is -2.54.